The molecule has 0 aromatic rings. The zero-order chi connectivity index (χ0) is 18.3. The molecule has 26 heavy (non-hydrogen) atoms. The molecule has 3 nitrogen and oxygen atoms in total. The van der Waals surface area contributed by atoms with Crippen LogP contribution in [0.5, 0.6) is 0 Å². The van der Waals surface area contributed by atoms with Crippen LogP contribution in [0.1, 0.15) is 59.3 Å². The lowest BCUT2D eigenvalue weighted by Crippen LogP contribution is -2.53. The molecule has 3 unspecified atom stereocenters. The van der Waals surface area contributed by atoms with Gasteiger partial charge in [0.05, 0.1) is 12.4 Å². The summed E-state index contributed by atoms with van der Waals surface area (Å²) in [5, 5.41) is 9.26. The Balaban J connectivity index is 1.50. The van der Waals surface area contributed by atoms with Crippen LogP contribution in [0.25, 0.3) is 0 Å². The minimum atomic E-state index is 0.173. The summed E-state index contributed by atoms with van der Waals surface area (Å²) in [6, 6.07) is 0. The van der Waals surface area contributed by atoms with E-state index in [2.05, 4.69) is 20.8 Å². The molecule has 1 aliphatic heterocycles. The van der Waals surface area contributed by atoms with Crippen LogP contribution in [0, 0.1) is 40.4 Å². The van der Waals surface area contributed by atoms with Gasteiger partial charge in [-0.05, 0) is 90.2 Å². The highest BCUT2D eigenvalue weighted by molar-refractivity contribution is 5.92. The number of carbonyl (C=O) groups excluding carboxylic acids is 1. The van der Waals surface area contributed by atoms with Crippen molar-refractivity contribution in [2.24, 2.45) is 40.4 Å². The van der Waals surface area contributed by atoms with Gasteiger partial charge in [-0.25, -0.2) is 0 Å². The molecule has 3 heteroatoms. The van der Waals surface area contributed by atoms with Crippen molar-refractivity contribution in [2.75, 3.05) is 0 Å². The molecule has 9 atom stereocenters. The van der Waals surface area contributed by atoms with E-state index in [-0.39, 0.29) is 11.5 Å². The topological polar surface area (TPSA) is 49.8 Å². The molecule has 1 saturated heterocycles. The van der Waals surface area contributed by atoms with Gasteiger partial charge in [-0.1, -0.05) is 20.8 Å². The molecule has 0 bridgehead atoms. The Morgan fingerprint density at radius 1 is 1.23 bits per heavy atom. The fourth-order valence-electron chi connectivity index (χ4n) is 7.98. The van der Waals surface area contributed by atoms with Crippen molar-refractivity contribution in [1.82, 2.24) is 0 Å². The molecule has 0 spiro atoms. The smallest absolute Gasteiger partial charge is 0.155 e. The van der Waals surface area contributed by atoms with Crippen LogP contribution in [-0.4, -0.2) is 23.1 Å². The van der Waals surface area contributed by atoms with Crippen molar-refractivity contribution >= 4 is 5.78 Å². The SMILES string of the molecule is C[C@H](/C=C/O)[C@H]1CCC2C3C(CC[C@@]21C)[C@@]1(C)CCC(=O)C=C1[C@H]1O[C@@H]31. The van der Waals surface area contributed by atoms with Crippen molar-refractivity contribution in [3.05, 3.63) is 24.0 Å². The number of allylic oxidation sites excluding steroid dienone is 1. The van der Waals surface area contributed by atoms with Gasteiger partial charge in [0.1, 0.15) is 6.10 Å². The lowest BCUT2D eigenvalue weighted by atomic mass is 9.46. The van der Waals surface area contributed by atoms with E-state index >= 15 is 0 Å². The molecular weight excluding hydrogens is 324 g/mol. The van der Waals surface area contributed by atoms with Crippen LogP contribution < -0.4 is 0 Å². The third-order valence-corrected chi connectivity index (χ3v) is 9.33. The highest BCUT2D eigenvalue weighted by atomic mass is 16.6. The normalized spacial score (nSPS) is 53.3. The number of aliphatic hydroxyl groups excluding tert-OH is 1. The van der Waals surface area contributed by atoms with Gasteiger partial charge in [0, 0.05) is 6.42 Å². The monoisotopic (exact) mass is 356 g/mol. The number of carbonyl (C=O) groups is 1. The van der Waals surface area contributed by atoms with Crippen LogP contribution in [0.4, 0.5) is 0 Å². The summed E-state index contributed by atoms with van der Waals surface area (Å²) in [5.41, 5.74) is 1.86. The molecule has 0 aromatic carbocycles. The van der Waals surface area contributed by atoms with E-state index in [0.29, 0.717) is 47.4 Å². The number of aliphatic hydroxyl groups is 1. The third-order valence-electron chi connectivity index (χ3n) is 9.33. The Kier molecular flexibility index (Phi) is 3.58. The van der Waals surface area contributed by atoms with Crippen molar-refractivity contribution in [3.8, 4) is 0 Å². The third kappa shape index (κ3) is 2.07. The molecule has 5 rings (SSSR count). The molecule has 0 amide bonds. The summed E-state index contributed by atoms with van der Waals surface area (Å²) in [6.45, 7) is 7.21. The van der Waals surface area contributed by atoms with Crippen LogP contribution in [-0.2, 0) is 9.53 Å². The van der Waals surface area contributed by atoms with Gasteiger partial charge >= 0.3 is 0 Å². The van der Waals surface area contributed by atoms with E-state index < -0.39 is 0 Å². The Bertz CT molecular complexity index is 694. The number of epoxide rings is 1. The lowest BCUT2D eigenvalue weighted by molar-refractivity contribution is -0.117. The Labute approximate surface area is 156 Å². The Morgan fingerprint density at radius 2 is 2.04 bits per heavy atom. The maximum Gasteiger partial charge on any atom is 0.155 e. The second-order valence-corrected chi connectivity index (χ2v) is 10.2. The summed E-state index contributed by atoms with van der Waals surface area (Å²) in [6.07, 6.45) is 12.6. The first-order valence-corrected chi connectivity index (χ1v) is 10.6. The number of ether oxygens (including phenoxy) is 1. The fraction of sp³-hybridized carbons (Fsp3) is 0.783. The summed E-state index contributed by atoms with van der Waals surface area (Å²) < 4.78 is 6.25. The number of hydrogen-bond acceptors (Lipinski definition) is 3. The number of hydrogen-bond donors (Lipinski definition) is 1. The molecule has 4 fully saturated rings. The van der Waals surface area contributed by atoms with Crippen molar-refractivity contribution in [3.63, 3.8) is 0 Å². The number of rotatable bonds is 2. The fourth-order valence-corrected chi connectivity index (χ4v) is 7.98. The van der Waals surface area contributed by atoms with E-state index in [0.717, 1.165) is 12.3 Å². The van der Waals surface area contributed by atoms with Gasteiger partial charge in [-0.15, -0.1) is 0 Å². The molecule has 0 aromatic heterocycles. The maximum atomic E-state index is 12.0. The molecule has 3 saturated carbocycles. The zero-order valence-electron chi connectivity index (χ0n) is 16.3. The summed E-state index contributed by atoms with van der Waals surface area (Å²) in [4.78, 5) is 12.0. The van der Waals surface area contributed by atoms with E-state index in [1.165, 1.54) is 37.5 Å². The van der Waals surface area contributed by atoms with E-state index in [9.17, 15) is 9.90 Å². The second-order valence-electron chi connectivity index (χ2n) is 10.2. The predicted molar refractivity (Wildman–Crippen MR) is 101 cm³/mol. The first-order valence-electron chi connectivity index (χ1n) is 10.6. The molecule has 0 radical (unpaired) electrons. The van der Waals surface area contributed by atoms with E-state index in [4.69, 9.17) is 4.74 Å². The van der Waals surface area contributed by atoms with Crippen LogP contribution in [0.15, 0.2) is 24.0 Å². The minimum absolute atomic E-state index is 0.173. The Hall–Kier alpha value is -1.09. The number of fused-ring (bicyclic) bond motifs is 8. The first kappa shape index (κ1) is 17.0. The molecule has 1 N–H and O–H groups in total. The molecule has 1 heterocycles. The second kappa shape index (κ2) is 5.47. The van der Waals surface area contributed by atoms with Gasteiger partial charge in [-0.3, -0.25) is 4.79 Å². The largest absolute Gasteiger partial charge is 0.516 e. The quantitative estimate of drug-likeness (QED) is 0.569. The first-order chi connectivity index (χ1) is 12.4. The predicted octanol–water partition coefficient (Wildman–Crippen LogP) is 4.83. The Morgan fingerprint density at radius 3 is 2.81 bits per heavy atom. The molecule has 4 aliphatic carbocycles. The van der Waals surface area contributed by atoms with Gasteiger partial charge in [0.15, 0.2) is 5.78 Å². The van der Waals surface area contributed by atoms with Crippen LogP contribution >= 0.6 is 0 Å². The average molecular weight is 357 g/mol. The summed E-state index contributed by atoms with van der Waals surface area (Å²) in [5.74, 6) is 3.45. The molecule has 142 valence electrons. The minimum Gasteiger partial charge on any atom is -0.516 e. The summed E-state index contributed by atoms with van der Waals surface area (Å²) >= 11 is 0. The van der Waals surface area contributed by atoms with Gasteiger partial charge in [0.25, 0.3) is 0 Å². The average Bonchev–Trinajstić information content (AvgIpc) is 3.31. The van der Waals surface area contributed by atoms with Crippen molar-refractivity contribution in [2.45, 2.75) is 71.5 Å². The van der Waals surface area contributed by atoms with E-state index in [1.807, 2.05) is 12.2 Å². The number of ketones is 1. The summed E-state index contributed by atoms with van der Waals surface area (Å²) in [7, 11) is 0. The highest BCUT2D eigenvalue weighted by Crippen LogP contribution is 2.70. The molecule has 5 aliphatic rings. The van der Waals surface area contributed by atoms with Crippen LogP contribution in [0.2, 0.25) is 0 Å². The van der Waals surface area contributed by atoms with E-state index in [1.54, 1.807) is 0 Å². The van der Waals surface area contributed by atoms with Crippen LogP contribution in [0.3, 0.4) is 0 Å². The van der Waals surface area contributed by atoms with Gasteiger partial charge < -0.3 is 9.84 Å². The standard InChI is InChI=1S/C23H32O3/c1-13(8-11-24)15-4-5-16-19-17(7-10-22(15,16)2)23(3)9-6-14(25)12-18(23)20-21(19)26-20/h8,11-13,15-17,19-21,24H,4-7,9-10H2,1-3H3/b11-8+/t13-,15-,16?,17?,19?,20-,21+,22-,23-/m1/s1. The lowest BCUT2D eigenvalue weighted by Gasteiger charge is -2.57. The molecular formula is C23H32O3. The zero-order valence-corrected chi connectivity index (χ0v) is 16.3. The van der Waals surface area contributed by atoms with Gasteiger partial charge in [0.2, 0.25) is 0 Å². The van der Waals surface area contributed by atoms with Crippen molar-refractivity contribution in [1.29, 1.82) is 0 Å². The highest BCUT2D eigenvalue weighted by Gasteiger charge is 2.69. The maximum absolute atomic E-state index is 12.0. The van der Waals surface area contributed by atoms with Gasteiger partial charge in [-0.2, -0.15) is 0 Å². The van der Waals surface area contributed by atoms with Crippen molar-refractivity contribution < 1.29 is 14.6 Å².